The standard InChI is InChI=1S/C10H17N3/c11-6-5-8(7-12)9-3-1-2-4-10(9)13/h1-4,8H,5-7,11-13H2. The molecule has 1 aromatic rings. The molecule has 1 aromatic carbocycles. The van der Waals surface area contributed by atoms with Crippen LogP contribution in [0.25, 0.3) is 0 Å². The number of rotatable bonds is 4. The van der Waals surface area contributed by atoms with Gasteiger partial charge in [0.25, 0.3) is 0 Å². The van der Waals surface area contributed by atoms with Crippen molar-refractivity contribution in [3.63, 3.8) is 0 Å². The summed E-state index contributed by atoms with van der Waals surface area (Å²) in [5.74, 6) is 0.297. The third-order valence-corrected chi connectivity index (χ3v) is 2.24. The van der Waals surface area contributed by atoms with Gasteiger partial charge in [0, 0.05) is 5.69 Å². The molecule has 1 unspecified atom stereocenters. The number of benzene rings is 1. The van der Waals surface area contributed by atoms with Gasteiger partial charge in [-0.15, -0.1) is 0 Å². The van der Waals surface area contributed by atoms with Crippen LogP contribution in [0.3, 0.4) is 0 Å². The highest BCUT2D eigenvalue weighted by molar-refractivity contribution is 5.48. The zero-order valence-electron chi connectivity index (χ0n) is 7.74. The first kappa shape index (κ1) is 10.0. The van der Waals surface area contributed by atoms with Crippen LogP contribution in [0.15, 0.2) is 24.3 Å². The van der Waals surface area contributed by atoms with E-state index in [0.29, 0.717) is 19.0 Å². The first-order valence-corrected chi connectivity index (χ1v) is 4.54. The van der Waals surface area contributed by atoms with Crippen molar-refractivity contribution in [2.45, 2.75) is 12.3 Å². The van der Waals surface area contributed by atoms with Crippen LogP contribution in [0.5, 0.6) is 0 Å². The van der Waals surface area contributed by atoms with Gasteiger partial charge in [0.15, 0.2) is 0 Å². The summed E-state index contributed by atoms with van der Waals surface area (Å²) in [6.45, 7) is 1.25. The number of nitrogen functional groups attached to an aromatic ring is 1. The number of anilines is 1. The second kappa shape index (κ2) is 4.84. The minimum Gasteiger partial charge on any atom is -0.398 e. The molecule has 3 nitrogen and oxygen atoms in total. The SMILES string of the molecule is NCCC(CN)c1ccccc1N. The molecule has 0 heterocycles. The van der Waals surface area contributed by atoms with Crippen LogP contribution in [-0.4, -0.2) is 13.1 Å². The Morgan fingerprint density at radius 3 is 2.38 bits per heavy atom. The molecule has 1 rings (SSSR count). The minimum atomic E-state index is 0.297. The van der Waals surface area contributed by atoms with Gasteiger partial charge in [-0.1, -0.05) is 18.2 Å². The zero-order valence-corrected chi connectivity index (χ0v) is 7.74. The van der Waals surface area contributed by atoms with Gasteiger partial charge in [-0.05, 0) is 37.1 Å². The van der Waals surface area contributed by atoms with Crippen LogP contribution in [-0.2, 0) is 0 Å². The Labute approximate surface area is 78.9 Å². The maximum Gasteiger partial charge on any atom is 0.0349 e. The summed E-state index contributed by atoms with van der Waals surface area (Å²) in [6.07, 6.45) is 0.894. The first-order chi connectivity index (χ1) is 6.29. The Morgan fingerprint density at radius 2 is 1.85 bits per heavy atom. The Bertz CT molecular complexity index is 260. The Balaban J connectivity index is 2.84. The van der Waals surface area contributed by atoms with Gasteiger partial charge in [-0.25, -0.2) is 0 Å². The van der Waals surface area contributed by atoms with Crippen LogP contribution < -0.4 is 17.2 Å². The molecule has 0 radical (unpaired) electrons. The quantitative estimate of drug-likeness (QED) is 0.594. The molecule has 0 saturated heterocycles. The molecule has 0 fully saturated rings. The fourth-order valence-corrected chi connectivity index (χ4v) is 1.48. The molecule has 3 heteroatoms. The van der Waals surface area contributed by atoms with Crippen LogP contribution in [0.4, 0.5) is 5.69 Å². The number of hydrogen-bond donors (Lipinski definition) is 3. The molecule has 13 heavy (non-hydrogen) atoms. The Kier molecular flexibility index (Phi) is 3.73. The first-order valence-electron chi connectivity index (χ1n) is 4.54. The largest absolute Gasteiger partial charge is 0.398 e. The predicted octanol–water partition coefficient (Wildman–Crippen LogP) is 0.660. The van der Waals surface area contributed by atoms with E-state index in [1.165, 1.54) is 0 Å². The Morgan fingerprint density at radius 1 is 1.15 bits per heavy atom. The van der Waals surface area contributed by atoms with Crippen LogP contribution >= 0.6 is 0 Å². The zero-order chi connectivity index (χ0) is 9.68. The van der Waals surface area contributed by atoms with E-state index in [-0.39, 0.29) is 0 Å². The van der Waals surface area contributed by atoms with E-state index in [0.717, 1.165) is 17.7 Å². The van der Waals surface area contributed by atoms with E-state index in [1.54, 1.807) is 0 Å². The second-order valence-electron chi connectivity index (χ2n) is 3.14. The van der Waals surface area contributed by atoms with Crippen molar-refractivity contribution in [2.75, 3.05) is 18.8 Å². The van der Waals surface area contributed by atoms with Gasteiger partial charge in [0.1, 0.15) is 0 Å². The lowest BCUT2D eigenvalue weighted by molar-refractivity contribution is 0.644. The second-order valence-corrected chi connectivity index (χ2v) is 3.14. The predicted molar refractivity (Wildman–Crippen MR) is 56.3 cm³/mol. The van der Waals surface area contributed by atoms with E-state index in [9.17, 15) is 0 Å². The van der Waals surface area contributed by atoms with Crippen molar-refractivity contribution in [2.24, 2.45) is 11.5 Å². The minimum absolute atomic E-state index is 0.297. The molecular formula is C10H17N3. The lowest BCUT2D eigenvalue weighted by Gasteiger charge is -2.15. The third-order valence-electron chi connectivity index (χ3n) is 2.24. The van der Waals surface area contributed by atoms with Crippen molar-refractivity contribution in [1.29, 1.82) is 0 Å². The van der Waals surface area contributed by atoms with Crippen molar-refractivity contribution in [1.82, 2.24) is 0 Å². The molecule has 0 aromatic heterocycles. The lowest BCUT2D eigenvalue weighted by atomic mass is 9.94. The summed E-state index contributed by atoms with van der Waals surface area (Å²) in [5.41, 5.74) is 18.9. The third kappa shape index (κ3) is 2.44. The smallest absolute Gasteiger partial charge is 0.0349 e. The molecule has 0 amide bonds. The molecule has 0 aliphatic heterocycles. The molecule has 1 atom stereocenters. The van der Waals surface area contributed by atoms with Gasteiger partial charge < -0.3 is 17.2 Å². The highest BCUT2D eigenvalue weighted by atomic mass is 14.6. The maximum atomic E-state index is 5.83. The number of hydrogen-bond acceptors (Lipinski definition) is 3. The van der Waals surface area contributed by atoms with Crippen LogP contribution in [0.2, 0.25) is 0 Å². The van der Waals surface area contributed by atoms with Crippen molar-refractivity contribution >= 4 is 5.69 Å². The van der Waals surface area contributed by atoms with Gasteiger partial charge in [-0.3, -0.25) is 0 Å². The molecule has 0 saturated carbocycles. The van der Waals surface area contributed by atoms with E-state index >= 15 is 0 Å². The van der Waals surface area contributed by atoms with E-state index < -0.39 is 0 Å². The molecule has 0 aliphatic carbocycles. The molecule has 0 spiro atoms. The molecular weight excluding hydrogens is 162 g/mol. The average molecular weight is 179 g/mol. The summed E-state index contributed by atoms with van der Waals surface area (Å²) < 4.78 is 0. The van der Waals surface area contributed by atoms with Gasteiger partial charge >= 0.3 is 0 Å². The topological polar surface area (TPSA) is 78.1 Å². The maximum absolute atomic E-state index is 5.83. The number of para-hydroxylation sites is 1. The fourth-order valence-electron chi connectivity index (χ4n) is 1.48. The van der Waals surface area contributed by atoms with Gasteiger partial charge in [0.05, 0.1) is 0 Å². The van der Waals surface area contributed by atoms with Gasteiger partial charge in [0.2, 0.25) is 0 Å². The summed E-state index contributed by atoms with van der Waals surface area (Å²) >= 11 is 0. The van der Waals surface area contributed by atoms with Crippen molar-refractivity contribution < 1.29 is 0 Å². The van der Waals surface area contributed by atoms with Crippen LogP contribution in [0, 0.1) is 0 Å². The summed E-state index contributed by atoms with van der Waals surface area (Å²) in [4.78, 5) is 0. The fraction of sp³-hybridized carbons (Fsp3) is 0.400. The number of nitrogens with two attached hydrogens (primary N) is 3. The van der Waals surface area contributed by atoms with E-state index in [2.05, 4.69) is 0 Å². The van der Waals surface area contributed by atoms with Crippen molar-refractivity contribution in [3.8, 4) is 0 Å². The van der Waals surface area contributed by atoms with Crippen molar-refractivity contribution in [3.05, 3.63) is 29.8 Å². The molecule has 0 bridgehead atoms. The summed E-state index contributed by atoms with van der Waals surface area (Å²) in [7, 11) is 0. The summed E-state index contributed by atoms with van der Waals surface area (Å²) in [5, 5.41) is 0. The molecule has 0 aliphatic rings. The lowest BCUT2D eigenvalue weighted by Crippen LogP contribution is -2.17. The highest BCUT2D eigenvalue weighted by Crippen LogP contribution is 2.23. The highest BCUT2D eigenvalue weighted by Gasteiger charge is 2.10. The average Bonchev–Trinajstić information content (AvgIpc) is 2.16. The van der Waals surface area contributed by atoms with E-state index in [4.69, 9.17) is 17.2 Å². The normalized spacial score (nSPS) is 12.8. The molecule has 72 valence electrons. The van der Waals surface area contributed by atoms with Gasteiger partial charge in [-0.2, -0.15) is 0 Å². The molecule has 6 N–H and O–H groups in total. The van der Waals surface area contributed by atoms with E-state index in [1.807, 2.05) is 24.3 Å². The monoisotopic (exact) mass is 179 g/mol. The summed E-state index contributed by atoms with van der Waals surface area (Å²) in [6, 6.07) is 7.82. The Hall–Kier alpha value is -1.06. The van der Waals surface area contributed by atoms with Crippen LogP contribution in [0.1, 0.15) is 17.9 Å².